The second-order valence-electron chi connectivity index (χ2n) is 3.49. The molecule has 0 fully saturated rings. The lowest BCUT2D eigenvalue weighted by molar-refractivity contribution is -0.0328. The van der Waals surface area contributed by atoms with E-state index in [0.717, 1.165) is 5.56 Å². The van der Waals surface area contributed by atoms with Gasteiger partial charge in [0, 0.05) is 15.8 Å². The minimum atomic E-state index is -4.43. The SMILES string of the molecule is CC(Cl)C(=O)c1cc(CBr)ccc1SC(F)(F)F. The number of benzene rings is 1. The first kappa shape index (κ1) is 15.9. The van der Waals surface area contributed by atoms with Crippen LogP contribution in [0.2, 0.25) is 0 Å². The number of ketones is 1. The van der Waals surface area contributed by atoms with E-state index >= 15 is 0 Å². The second-order valence-corrected chi connectivity index (χ2v) is 5.81. The average Bonchev–Trinajstić information content (AvgIpc) is 2.26. The van der Waals surface area contributed by atoms with Crippen LogP contribution >= 0.6 is 39.3 Å². The van der Waals surface area contributed by atoms with Gasteiger partial charge < -0.3 is 0 Å². The lowest BCUT2D eigenvalue weighted by Gasteiger charge is -2.12. The number of carbonyl (C=O) groups excluding carboxylic acids is 1. The fraction of sp³-hybridized carbons (Fsp3) is 0.364. The molecule has 1 aromatic rings. The normalized spacial score (nSPS) is 13.4. The van der Waals surface area contributed by atoms with Crippen molar-refractivity contribution < 1.29 is 18.0 Å². The molecule has 0 saturated carbocycles. The van der Waals surface area contributed by atoms with Gasteiger partial charge in [0.05, 0.1) is 5.38 Å². The Hall–Kier alpha value is -0.200. The van der Waals surface area contributed by atoms with Gasteiger partial charge in [-0.15, -0.1) is 11.6 Å². The summed E-state index contributed by atoms with van der Waals surface area (Å²) in [5.74, 6) is -0.508. The first-order valence-electron chi connectivity index (χ1n) is 4.87. The molecule has 0 amide bonds. The van der Waals surface area contributed by atoms with Gasteiger partial charge in [-0.25, -0.2) is 0 Å². The third-order valence-electron chi connectivity index (χ3n) is 2.05. The van der Waals surface area contributed by atoms with Gasteiger partial charge in [0.15, 0.2) is 5.78 Å². The van der Waals surface area contributed by atoms with Crippen molar-refractivity contribution in [2.24, 2.45) is 0 Å². The predicted octanol–water partition coefficient (Wildman–Crippen LogP) is 5.00. The Bertz CT molecular complexity index is 448. The average molecular weight is 362 g/mol. The van der Waals surface area contributed by atoms with Gasteiger partial charge in [-0.1, -0.05) is 22.0 Å². The highest BCUT2D eigenvalue weighted by Crippen LogP contribution is 2.39. The molecule has 1 aromatic carbocycles. The smallest absolute Gasteiger partial charge is 0.292 e. The summed E-state index contributed by atoms with van der Waals surface area (Å²) in [5.41, 5.74) is -3.69. The molecular formula is C11H9BrClF3OS. The van der Waals surface area contributed by atoms with Crippen molar-refractivity contribution in [3.05, 3.63) is 29.3 Å². The van der Waals surface area contributed by atoms with Crippen LogP contribution in [0.5, 0.6) is 0 Å². The van der Waals surface area contributed by atoms with E-state index in [1.807, 2.05) is 0 Å². The zero-order valence-electron chi connectivity index (χ0n) is 9.22. The Kier molecular flexibility index (Phi) is 5.55. The van der Waals surface area contributed by atoms with Crippen molar-refractivity contribution in [2.75, 3.05) is 0 Å². The Balaban J connectivity index is 3.20. The maximum Gasteiger partial charge on any atom is 0.446 e. The first-order valence-corrected chi connectivity index (χ1v) is 7.25. The molecule has 1 unspecified atom stereocenters. The molecule has 18 heavy (non-hydrogen) atoms. The van der Waals surface area contributed by atoms with Crippen molar-refractivity contribution in [3.8, 4) is 0 Å². The number of Topliss-reactive ketones (excluding diaryl/α,β-unsaturated/α-hetero) is 1. The largest absolute Gasteiger partial charge is 0.446 e. The first-order chi connectivity index (χ1) is 8.24. The number of hydrogen-bond donors (Lipinski definition) is 0. The highest BCUT2D eigenvalue weighted by Gasteiger charge is 2.31. The Morgan fingerprint density at radius 3 is 2.56 bits per heavy atom. The van der Waals surface area contributed by atoms with Gasteiger partial charge in [0.25, 0.3) is 0 Å². The molecule has 0 aromatic heterocycles. The Labute approximate surface area is 120 Å². The van der Waals surface area contributed by atoms with Crippen LogP contribution in [0.15, 0.2) is 23.1 Å². The molecule has 0 aliphatic heterocycles. The van der Waals surface area contributed by atoms with Crippen LogP contribution in [0.3, 0.4) is 0 Å². The lowest BCUT2D eigenvalue weighted by Crippen LogP contribution is -2.13. The fourth-order valence-corrected chi connectivity index (χ4v) is 2.40. The molecular weight excluding hydrogens is 353 g/mol. The second kappa shape index (κ2) is 6.30. The van der Waals surface area contributed by atoms with E-state index in [1.165, 1.54) is 19.1 Å². The van der Waals surface area contributed by atoms with E-state index < -0.39 is 16.7 Å². The highest BCUT2D eigenvalue weighted by molar-refractivity contribution is 9.08. The summed E-state index contributed by atoms with van der Waals surface area (Å²) in [5, 5.41) is -0.399. The van der Waals surface area contributed by atoms with E-state index in [2.05, 4.69) is 15.9 Å². The van der Waals surface area contributed by atoms with Crippen LogP contribution in [-0.2, 0) is 5.33 Å². The molecule has 100 valence electrons. The Morgan fingerprint density at radius 2 is 2.11 bits per heavy atom. The van der Waals surface area contributed by atoms with Gasteiger partial charge in [-0.2, -0.15) is 13.2 Å². The zero-order valence-corrected chi connectivity index (χ0v) is 12.4. The van der Waals surface area contributed by atoms with Gasteiger partial charge in [0.2, 0.25) is 0 Å². The number of rotatable bonds is 4. The zero-order chi connectivity index (χ0) is 13.9. The van der Waals surface area contributed by atoms with Crippen molar-refractivity contribution in [1.82, 2.24) is 0 Å². The third-order valence-corrected chi connectivity index (χ3v) is 3.70. The van der Waals surface area contributed by atoms with E-state index in [1.54, 1.807) is 6.07 Å². The predicted molar refractivity (Wildman–Crippen MR) is 70.6 cm³/mol. The maximum absolute atomic E-state index is 12.4. The highest BCUT2D eigenvalue weighted by atomic mass is 79.9. The number of alkyl halides is 5. The van der Waals surface area contributed by atoms with Crippen LogP contribution in [0, 0.1) is 0 Å². The van der Waals surface area contributed by atoms with Crippen LogP contribution in [0.1, 0.15) is 22.8 Å². The minimum Gasteiger partial charge on any atom is -0.292 e. The van der Waals surface area contributed by atoms with Crippen LogP contribution < -0.4 is 0 Å². The molecule has 7 heteroatoms. The Morgan fingerprint density at radius 1 is 1.50 bits per heavy atom. The van der Waals surface area contributed by atoms with E-state index in [-0.39, 0.29) is 22.2 Å². The summed E-state index contributed by atoms with van der Waals surface area (Å²) in [6, 6.07) is 4.27. The van der Waals surface area contributed by atoms with Crippen molar-refractivity contribution in [2.45, 2.75) is 28.0 Å². The molecule has 1 nitrogen and oxygen atoms in total. The van der Waals surface area contributed by atoms with Crippen LogP contribution in [-0.4, -0.2) is 16.7 Å². The quantitative estimate of drug-likeness (QED) is 0.426. The van der Waals surface area contributed by atoms with Crippen molar-refractivity contribution >= 4 is 45.1 Å². The summed E-state index contributed by atoms with van der Waals surface area (Å²) in [7, 11) is 0. The molecule has 0 bridgehead atoms. The summed E-state index contributed by atoms with van der Waals surface area (Å²) in [6.45, 7) is 1.44. The summed E-state index contributed by atoms with van der Waals surface area (Å²) < 4.78 is 37.1. The lowest BCUT2D eigenvalue weighted by atomic mass is 10.1. The van der Waals surface area contributed by atoms with E-state index in [4.69, 9.17) is 11.6 Å². The minimum absolute atomic E-state index is 0.0109. The summed E-state index contributed by atoms with van der Waals surface area (Å²) in [4.78, 5) is 11.7. The third kappa shape index (κ3) is 4.48. The van der Waals surface area contributed by atoms with Gasteiger partial charge in [-0.05, 0) is 36.4 Å². The molecule has 0 aliphatic rings. The number of halogens is 5. The fourth-order valence-electron chi connectivity index (χ4n) is 1.28. The molecule has 0 aliphatic carbocycles. The molecule has 0 radical (unpaired) electrons. The molecule has 1 rings (SSSR count). The molecule has 0 spiro atoms. The molecule has 0 N–H and O–H groups in total. The molecule has 0 saturated heterocycles. The molecule has 1 atom stereocenters. The number of carbonyl (C=O) groups is 1. The number of thioether (sulfide) groups is 1. The van der Waals surface area contributed by atoms with Crippen LogP contribution in [0.4, 0.5) is 13.2 Å². The van der Waals surface area contributed by atoms with Crippen molar-refractivity contribution in [1.29, 1.82) is 0 Å². The maximum atomic E-state index is 12.4. The standard InChI is InChI=1S/C11H9BrClF3OS/c1-6(13)10(17)8-4-7(5-12)2-3-9(8)18-11(14,15)16/h2-4,6H,5H2,1H3. The molecule has 0 heterocycles. The van der Waals surface area contributed by atoms with E-state index in [0.29, 0.717) is 5.33 Å². The van der Waals surface area contributed by atoms with Gasteiger partial charge in [0.1, 0.15) is 0 Å². The van der Waals surface area contributed by atoms with Crippen LogP contribution in [0.25, 0.3) is 0 Å². The monoisotopic (exact) mass is 360 g/mol. The summed E-state index contributed by atoms with van der Waals surface area (Å²) in [6.07, 6.45) is 0. The van der Waals surface area contributed by atoms with Crippen molar-refractivity contribution in [3.63, 3.8) is 0 Å². The summed E-state index contributed by atoms with van der Waals surface area (Å²) >= 11 is 8.54. The topological polar surface area (TPSA) is 17.1 Å². The van der Waals surface area contributed by atoms with Gasteiger partial charge >= 0.3 is 5.51 Å². The van der Waals surface area contributed by atoms with E-state index in [9.17, 15) is 18.0 Å². The van der Waals surface area contributed by atoms with Gasteiger partial charge in [-0.3, -0.25) is 4.79 Å². The number of hydrogen-bond acceptors (Lipinski definition) is 2.